The Balaban J connectivity index is 2.11. The molecule has 0 fully saturated rings. The fourth-order valence-electron chi connectivity index (χ4n) is 2.07. The molecule has 0 aliphatic carbocycles. The highest BCUT2D eigenvalue weighted by Crippen LogP contribution is 2.29. The number of hydrogen-bond acceptors (Lipinski definition) is 3. The van der Waals surface area contributed by atoms with E-state index >= 15 is 0 Å². The topological polar surface area (TPSA) is 37.3 Å². The van der Waals surface area contributed by atoms with Gasteiger partial charge in [-0.3, -0.25) is 4.79 Å². The Morgan fingerprint density at radius 1 is 1.15 bits per heavy atom. The predicted octanol–water partition coefficient (Wildman–Crippen LogP) is 4.32. The first kappa shape index (κ1) is 15.1. The van der Waals surface area contributed by atoms with Gasteiger partial charge >= 0.3 is 0 Å². The molecule has 3 heteroatoms. The Hall–Kier alpha value is -1.32. The Bertz CT molecular complexity index is 614. The van der Waals surface area contributed by atoms with Gasteiger partial charge in [-0.25, -0.2) is 0 Å². The lowest BCUT2D eigenvalue weighted by molar-refractivity contribution is -0.112. The van der Waals surface area contributed by atoms with Gasteiger partial charge in [0, 0.05) is 11.2 Å². The maximum Gasteiger partial charge on any atom is 0.192 e. The molecule has 0 spiro atoms. The van der Waals surface area contributed by atoms with Crippen LogP contribution in [0.2, 0.25) is 0 Å². The molecule has 2 rings (SSSR count). The minimum absolute atomic E-state index is 0.0261. The summed E-state index contributed by atoms with van der Waals surface area (Å²) < 4.78 is -0.111. The smallest absolute Gasteiger partial charge is 0.192 e. The summed E-state index contributed by atoms with van der Waals surface area (Å²) >= 11 is 1.28. The summed E-state index contributed by atoms with van der Waals surface area (Å²) in [5.41, 5.74) is 0.798. The summed E-state index contributed by atoms with van der Waals surface area (Å²) in [6.07, 6.45) is -0.581. The fraction of sp³-hybridized carbons (Fsp3) is 0.353. The van der Waals surface area contributed by atoms with Crippen LogP contribution in [0.1, 0.15) is 38.9 Å². The van der Waals surface area contributed by atoms with Gasteiger partial charge in [-0.2, -0.15) is 0 Å². The van der Waals surface area contributed by atoms with E-state index in [-0.39, 0.29) is 16.3 Å². The normalized spacial score (nSPS) is 13.4. The SMILES string of the molecule is CC(C)(C)SC(=O)CC(O)c1ccc2ccccc2c1. The molecule has 0 aliphatic rings. The lowest BCUT2D eigenvalue weighted by atomic mass is 10.0. The van der Waals surface area contributed by atoms with Crippen molar-refractivity contribution in [3.63, 3.8) is 0 Å². The van der Waals surface area contributed by atoms with E-state index in [0.717, 1.165) is 16.3 Å². The lowest BCUT2D eigenvalue weighted by Gasteiger charge is -2.17. The van der Waals surface area contributed by atoms with Crippen molar-refractivity contribution in [1.29, 1.82) is 0 Å². The zero-order chi connectivity index (χ0) is 14.8. The van der Waals surface area contributed by atoms with Crippen molar-refractivity contribution < 1.29 is 9.90 Å². The molecule has 1 N–H and O–H groups in total. The van der Waals surface area contributed by atoms with Gasteiger partial charge in [-0.05, 0) is 22.4 Å². The zero-order valence-corrected chi connectivity index (χ0v) is 12.9. The average molecular weight is 288 g/mol. The van der Waals surface area contributed by atoms with E-state index in [2.05, 4.69) is 0 Å². The Morgan fingerprint density at radius 3 is 2.45 bits per heavy atom. The van der Waals surface area contributed by atoms with Crippen molar-refractivity contribution in [2.24, 2.45) is 0 Å². The van der Waals surface area contributed by atoms with Gasteiger partial charge in [0.15, 0.2) is 5.12 Å². The van der Waals surface area contributed by atoms with Crippen LogP contribution >= 0.6 is 11.8 Å². The van der Waals surface area contributed by atoms with Gasteiger partial charge < -0.3 is 5.11 Å². The van der Waals surface area contributed by atoms with Gasteiger partial charge in [0.05, 0.1) is 6.10 Å². The summed E-state index contributed by atoms with van der Waals surface area (Å²) in [4.78, 5) is 11.9. The van der Waals surface area contributed by atoms with Crippen molar-refractivity contribution in [1.82, 2.24) is 0 Å². The van der Waals surface area contributed by atoms with Crippen LogP contribution < -0.4 is 0 Å². The maximum absolute atomic E-state index is 11.9. The molecule has 0 heterocycles. The number of rotatable bonds is 3. The summed E-state index contributed by atoms with van der Waals surface area (Å²) in [5, 5.41) is 12.5. The Morgan fingerprint density at radius 2 is 1.80 bits per heavy atom. The van der Waals surface area contributed by atoms with Crippen molar-refractivity contribution >= 4 is 27.6 Å². The molecule has 0 aliphatic heterocycles. The third-order valence-corrected chi connectivity index (χ3v) is 3.95. The largest absolute Gasteiger partial charge is 0.388 e. The highest BCUT2D eigenvalue weighted by Gasteiger charge is 2.20. The minimum Gasteiger partial charge on any atom is -0.388 e. The standard InChI is InChI=1S/C17H20O2S/c1-17(2,3)20-16(19)11-15(18)14-9-8-12-6-4-5-7-13(12)10-14/h4-10,15,18H,11H2,1-3H3. The second-order valence-electron chi connectivity index (χ2n) is 5.91. The quantitative estimate of drug-likeness (QED) is 0.914. The van der Waals surface area contributed by atoms with E-state index in [4.69, 9.17) is 0 Å². The molecule has 0 saturated heterocycles. The Labute approximate surface area is 124 Å². The Kier molecular flexibility index (Phi) is 4.51. The lowest BCUT2D eigenvalue weighted by Crippen LogP contribution is -2.13. The average Bonchev–Trinajstić information content (AvgIpc) is 2.35. The van der Waals surface area contributed by atoms with Crippen molar-refractivity contribution in [2.45, 2.75) is 38.0 Å². The van der Waals surface area contributed by atoms with E-state index in [9.17, 15) is 9.90 Å². The van der Waals surface area contributed by atoms with Gasteiger partial charge in [0.2, 0.25) is 0 Å². The molecule has 0 saturated carbocycles. The minimum atomic E-state index is -0.734. The number of thioether (sulfide) groups is 1. The van der Waals surface area contributed by atoms with Gasteiger partial charge in [-0.1, -0.05) is 68.9 Å². The molecule has 106 valence electrons. The number of hydrogen-bond donors (Lipinski definition) is 1. The number of fused-ring (bicyclic) bond motifs is 1. The van der Waals surface area contributed by atoms with Crippen LogP contribution in [0.25, 0.3) is 10.8 Å². The first-order valence-electron chi connectivity index (χ1n) is 6.74. The number of carbonyl (C=O) groups excluding carboxylic acids is 1. The van der Waals surface area contributed by atoms with Crippen LogP contribution in [-0.2, 0) is 4.79 Å². The zero-order valence-electron chi connectivity index (χ0n) is 12.1. The molecule has 0 amide bonds. The maximum atomic E-state index is 11.9. The van der Waals surface area contributed by atoms with Crippen LogP contribution in [-0.4, -0.2) is 15.0 Å². The summed E-state index contributed by atoms with van der Waals surface area (Å²) in [6, 6.07) is 13.8. The molecule has 0 bridgehead atoms. The molecular formula is C17H20O2S. The van der Waals surface area contributed by atoms with Crippen LogP contribution in [0.15, 0.2) is 42.5 Å². The molecule has 2 nitrogen and oxygen atoms in total. The first-order valence-corrected chi connectivity index (χ1v) is 7.55. The third kappa shape index (κ3) is 4.09. The van der Waals surface area contributed by atoms with Crippen molar-refractivity contribution in [3.8, 4) is 0 Å². The molecule has 1 atom stereocenters. The van der Waals surface area contributed by atoms with Gasteiger partial charge in [0.1, 0.15) is 0 Å². The molecule has 0 aromatic heterocycles. The molecule has 1 unspecified atom stereocenters. The van der Waals surface area contributed by atoms with E-state index < -0.39 is 6.10 Å². The fourth-order valence-corrected chi connectivity index (χ4v) is 3.00. The molecule has 0 radical (unpaired) electrons. The second-order valence-corrected chi connectivity index (χ2v) is 7.80. The number of carbonyl (C=O) groups is 1. The molecule has 2 aromatic carbocycles. The number of benzene rings is 2. The van der Waals surface area contributed by atoms with Gasteiger partial charge in [-0.15, -0.1) is 0 Å². The number of aliphatic hydroxyl groups is 1. The number of aliphatic hydroxyl groups excluding tert-OH is 1. The highest BCUT2D eigenvalue weighted by molar-refractivity contribution is 8.14. The summed E-state index contributed by atoms with van der Waals surface area (Å²) in [5.74, 6) is 0. The van der Waals surface area contributed by atoms with Crippen LogP contribution in [0.3, 0.4) is 0 Å². The molecular weight excluding hydrogens is 268 g/mol. The predicted molar refractivity (Wildman–Crippen MR) is 85.9 cm³/mol. The second kappa shape index (κ2) is 5.98. The van der Waals surface area contributed by atoms with Gasteiger partial charge in [0.25, 0.3) is 0 Å². The third-order valence-electron chi connectivity index (χ3n) is 2.94. The van der Waals surface area contributed by atoms with Crippen molar-refractivity contribution in [2.75, 3.05) is 0 Å². The molecule has 2 aromatic rings. The monoisotopic (exact) mass is 288 g/mol. The summed E-state index contributed by atoms with van der Waals surface area (Å²) in [7, 11) is 0. The van der Waals surface area contributed by atoms with E-state index in [1.54, 1.807) is 0 Å². The van der Waals surface area contributed by atoms with E-state index in [0.29, 0.717) is 0 Å². The van der Waals surface area contributed by atoms with Crippen LogP contribution in [0, 0.1) is 0 Å². The van der Waals surface area contributed by atoms with E-state index in [1.807, 2.05) is 63.2 Å². The summed E-state index contributed by atoms with van der Waals surface area (Å²) in [6.45, 7) is 5.99. The highest BCUT2D eigenvalue weighted by atomic mass is 32.2. The van der Waals surface area contributed by atoms with E-state index in [1.165, 1.54) is 11.8 Å². The molecule has 20 heavy (non-hydrogen) atoms. The van der Waals surface area contributed by atoms with Crippen LogP contribution in [0.4, 0.5) is 0 Å². The first-order chi connectivity index (χ1) is 9.35. The van der Waals surface area contributed by atoms with Crippen molar-refractivity contribution in [3.05, 3.63) is 48.0 Å². The van der Waals surface area contributed by atoms with Crippen LogP contribution in [0.5, 0.6) is 0 Å².